The largest absolute Gasteiger partial charge is 0.493 e. The van der Waals surface area contributed by atoms with Crippen LogP contribution in [-0.4, -0.2) is 78.7 Å². The number of benzene rings is 1. The van der Waals surface area contributed by atoms with E-state index in [1.54, 1.807) is 14.2 Å². The molecule has 0 spiro atoms. The second-order valence-corrected chi connectivity index (χ2v) is 8.41. The molecule has 1 N–H and O–H groups in total. The molecule has 0 unspecified atom stereocenters. The molecule has 33 heavy (non-hydrogen) atoms. The van der Waals surface area contributed by atoms with E-state index in [9.17, 15) is 9.59 Å². The van der Waals surface area contributed by atoms with Gasteiger partial charge in [0.25, 0.3) is 0 Å². The Kier molecular flexibility index (Phi) is 7.43. The highest BCUT2D eigenvalue weighted by molar-refractivity contribution is 5.79. The van der Waals surface area contributed by atoms with Crippen molar-refractivity contribution in [2.45, 2.75) is 32.2 Å². The maximum Gasteiger partial charge on any atom is 0.241 e. The van der Waals surface area contributed by atoms with E-state index >= 15 is 0 Å². The Morgan fingerprint density at radius 1 is 1.18 bits per heavy atom. The zero-order valence-electron chi connectivity index (χ0n) is 19.2. The smallest absolute Gasteiger partial charge is 0.241 e. The number of rotatable bonds is 9. The van der Waals surface area contributed by atoms with E-state index in [2.05, 4.69) is 20.4 Å². The SMILES string of the molecule is COc1ccc(-c2noc(CN3CCC(C(=O)NCCN4CCCC4=O)CC3)n2)cc1OC. The first kappa shape index (κ1) is 23.0. The molecular formula is C23H31N5O5. The average Bonchev–Trinajstić information content (AvgIpc) is 3.48. The number of carbonyl (C=O) groups is 2. The van der Waals surface area contributed by atoms with Gasteiger partial charge in [0, 0.05) is 37.5 Å². The van der Waals surface area contributed by atoms with E-state index < -0.39 is 0 Å². The molecule has 0 bridgehead atoms. The van der Waals surface area contributed by atoms with Crippen LogP contribution in [0.4, 0.5) is 0 Å². The summed E-state index contributed by atoms with van der Waals surface area (Å²) >= 11 is 0. The normalized spacial score (nSPS) is 17.4. The lowest BCUT2D eigenvalue weighted by Gasteiger charge is -2.30. The van der Waals surface area contributed by atoms with Crippen LogP contribution in [0.1, 0.15) is 31.6 Å². The first-order chi connectivity index (χ1) is 16.1. The number of carbonyl (C=O) groups excluding carboxylic acids is 2. The molecule has 0 atom stereocenters. The molecule has 2 aliphatic heterocycles. The van der Waals surface area contributed by atoms with E-state index in [1.807, 2.05) is 23.1 Å². The molecule has 4 rings (SSSR count). The van der Waals surface area contributed by atoms with Gasteiger partial charge >= 0.3 is 0 Å². The lowest BCUT2D eigenvalue weighted by atomic mass is 9.96. The minimum atomic E-state index is 0.000500. The molecule has 10 nitrogen and oxygen atoms in total. The molecule has 3 heterocycles. The molecule has 178 valence electrons. The Morgan fingerprint density at radius 2 is 1.97 bits per heavy atom. The third kappa shape index (κ3) is 5.62. The summed E-state index contributed by atoms with van der Waals surface area (Å²) < 4.78 is 16.1. The Hall–Kier alpha value is -3.14. The summed E-state index contributed by atoms with van der Waals surface area (Å²) in [6.45, 7) is 4.05. The van der Waals surface area contributed by atoms with Crippen LogP contribution in [0.5, 0.6) is 11.5 Å². The molecule has 1 aromatic carbocycles. The van der Waals surface area contributed by atoms with Gasteiger partial charge in [0.2, 0.25) is 23.5 Å². The number of ether oxygens (including phenoxy) is 2. The van der Waals surface area contributed by atoms with Crippen molar-refractivity contribution in [1.29, 1.82) is 0 Å². The summed E-state index contributed by atoms with van der Waals surface area (Å²) in [5.74, 6) is 2.55. The number of aromatic nitrogens is 2. The van der Waals surface area contributed by atoms with Crippen molar-refractivity contribution < 1.29 is 23.6 Å². The summed E-state index contributed by atoms with van der Waals surface area (Å²) in [7, 11) is 3.18. The first-order valence-corrected chi connectivity index (χ1v) is 11.4. The van der Waals surface area contributed by atoms with Gasteiger partial charge < -0.3 is 24.2 Å². The zero-order valence-corrected chi connectivity index (χ0v) is 19.2. The minimum absolute atomic E-state index is 0.000500. The van der Waals surface area contributed by atoms with E-state index in [4.69, 9.17) is 14.0 Å². The van der Waals surface area contributed by atoms with Crippen LogP contribution in [0, 0.1) is 5.92 Å². The van der Waals surface area contributed by atoms with Crippen LogP contribution in [0.2, 0.25) is 0 Å². The predicted octanol–water partition coefficient (Wildman–Crippen LogP) is 1.70. The van der Waals surface area contributed by atoms with Gasteiger partial charge in [-0.25, -0.2) is 0 Å². The van der Waals surface area contributed by atoms with Gasteiger partial charge in [0.15, 0.2) is 11.5 Å². The molecule has 10 heteroatoms. The molecule has 0 radical (unpaired) electrons. The number of nitrogens with zero attached hydrogens (tertiary/aromatic N) is 4. The van der Waals surface area contributed by atoms with Crippen molar-refractivity contribution in [1.82, 2.24) is 25.3 Å². The van der Waals surface area contributed by atoms with Gasteiger partial charge in [-0.2, -0.15) is 4.98 Å². The zero-order chi connectivity index (χ0) is 23.2. The van der Waals surface area contributed by atoms with Crippen molar-refractivity contribution in [2.75, 3.05) is 46.9 Å². The number of piperidine rings is 1. The highest BCUT2D eigenvalue weighted by Crippen LogP contribution is 2.31. The average molecular weight is 458 g/mol. The van der Waals surface area contributed by atoms with E-state index in [-0.39, 0.29) is 17.7 Å². The second kappa shape index (κ2) is 10.7. The molecule has 2 fully saturated rings. The van der Waals surface area contributed by atoms with Crippen molar-refractivity contribution in [3.63, 3.8) is 0 Å². The van der Waals surface area contributed by atoms with Crippen LogP contribution in [0.25, 0.3) is 11.4 Å². The van der Waals surface area contributed by atoms with Gasteiger partial charge in [0.1, 0.15) is 0 Å². The standard InChI is InChI=1S/C23H31N5O5/c1-31-18-6-5-17(14-19(18)32-2)22-25-20(33-26-22)15-27-11-7-16(8-12-27)23(30)24-9-13-28-10-3-4-21(28)29/h5-6,14,16H,3-4,7-13,15H2,1-2H3,(H,24,30). The fourth-order valence-electron chi connectivity index (χ4n) is 4.36. The van der Waals surface area contributed by atoms with Crippen molar-refractivity contribution in [3.05, 3.63) is 24.1 Å². The van der Waals surface area contributed by atoms with Crippen LogP contribution < -0.4 is 14.8 Å². The number of methoxy groups -OCH3 is 2. The second-order valence-electron chi connectivity index (χ2n) is 8.41. The summed E-state index contributed by atoms with van der Waals surface area (Å²) in [6, 6.07) is 5.49. The molecular weight excluding hydrogens is 426 g/mol. The Labute approximate surface area is 193 Å². The van der Waals surface area contributed by atoms with Gasteiger partial charge in [-0.1, -0.05) is 5.16 Å². The van der Waals surface area contributed by atoms with Crippen molar-refractivity contribution in [2.24, 2.45) is 5.92 Å². The van der Waals surface area contributed by atoms with Gasteiger partial charge in [-0.3, -0.25) is 14.5 Å². The number of nitrogens with one attached hydrogen (secondary N) is 1. The van der Waals surface area contributed by atoms with E-state index in [0.717, 1.165) is 44.5 Å². The van der Waals surface area contributed by atoms with Crippen LogP contribution in [-0.2, 0) is 16.1 Å². The van der Waals surface area contributed by atoms with Crippen molar-refractivity contribution in [3.8, 4) is 22.9 Å². The first-order valence-electron chi connectivity index (χ1n) is 11.4. The lowest BCUT2D eigenvalue weighted by molar-refractivity contribution is -0.129. The predicted molar refractivity (Wildman–Crippen MR) is 120 cm³/mol. The maximum atomic E-state index is 12.5. The quantitative estimate of drug-likeness (QED) is 0.606. The summed E-state index contributed by atoms with van der Waals surface area (Å²) in [5, 5.41) is 7.09. The Balaban J connectivity index is 1.23. The molecule has 0 aliphatic carbocycles. The van der Waals surface area contributed by atoms with Gasteiger partial charge in [-0.05, 0) is 50.6 Å². The Morgan fingerprint density at radius 3 is 2.67 bits per heavy atom. The summed E-state index contributed by atoms with van der Waals surface area (Å²) in [6.07, 6.45) is 3.11. The number of hydrogen-bond acceptors (Lipinski definition) is 8. The summed E-state index contributed by atoms with van der Waals surface area (Å²) in [5.41, 5.74) is 0.786. The van der Waals surface area contributed by atoms with Gasteiger partial charge in [0.05, 0.1) is 20.8 Å². The number of amides is 2. The van der Waals surface area contributed by atoms with E-state index in [1.165, 1.54) is 0 Å². The molecule has 2 saturated heterocycles. The lowest BCUT2D eigenvalue weighted by Crippen LogP contribution is -2.42. The summed E-state index contributed by atoms with van der Waals surface area (Å²) in [4.78, 5) is 32.7. The molecule has 1 aromatic heterocycles. The van der Waals surface area contributed by atoms with E-state index in [0.29, 0.717) is 49.3 Å². The fraction of sp³-hybridized carbons (Fsp3) is 0.565. The molecule has 2 aliphatic rings. The third-order valence-corrected chi connectivity index (χ3v) is 6.28. The molecule has 2 amide bonds. The number of hydrogen-bond donors (Lipinski definition) is 1. The third-order valence-electron chi connectivity index (χ3n) is 6.28. The molecule has 0 saturated carbocycles. The maximum absolute atomic E-state index is 12.5. The fourth-order valence-corrected chi connectivity index (χ4v) is 4.36. The monoisotopic (exact) mass is 457 g/mol. The van der Waals surface area contributed by atoms with Crippen molar-refractivity contribution >= 4 is 11.8 Å². The van der Waals surface area contributed by atoms with Crippen LogP contribution >= 0.6 is 0 Å². The molecule has 2 aromatic rings. The van der Waals surface area contributed by atoms with Gasteiger partial charge in [-0.15, -0.1) is 0 Å². The minimum Gasteiger partial charge on any atom is -0.493 e. The highest BCUT2D eigenvalue weighted by Gasteiger charge is 2.26. The number of likely N-dealkylation sites (tertiary alicyclic amines) is 2. The van der Waals surface area contributed by atoms with Crippen LogP contribution in [0.15, 0.2) is 22.7 Å². The highest BCUT2D eigenvalue weighted by atomic mass is 16.5. The Bertz CT molecular complexity index is 970. The topological polar surface area (TPSA) is 110 Å². The van der Waals surface area contributed by atoms with Crippen LogP contribution in [0.3, 0.4) is 0 Å².